The van der Waals surface area contributed by atoms with E-state index in [1.165, 1.54) is 0 Å². The van der Waals surface area contributed by atoms with Gasteiger partial charge in [0, 0.05) is 23.0 Å². The van der Waals surface area contributed by atoms with E-state index < -0.39 is 10.8 Å². The Morgan fingerprint density at radius 1 is 1.08 bits per heavy atom. The number of esters is 1. The predicted octanol–water partition coefficient (Wildman–Crippen LogP) is 4.97. The molecule has 0 fully saturated rings. The number of carbonyl (C=O) groups is 1. The van der Waals surface area contributed by atoms with Crippen molar-refractivity contribution in [1.29, 1.82) is 0 Å². The van der Waals surface area contributed by atoms with Crippen molar-refractivity contribution < 1.29 is 14.6 Å². The number of benzene rings is 1. The van der Waals surface area contributed by atoms with Gasteiger partial charge in [0.05, 0.1) is 5.41 Å². The minimum Gasteiger partial charge on any atom is -0.507 e. The van der Waals surface area contributed by atoms with E-state index in [0.717, 1.165) is 0 Å². The van der Waals surface area contributed by atoms with Gasteiger partial charge in [-0.15, -0.1) is 26.3 Å². The van der Waals surface area contributed by atoms with Crippen LogP contribution in [-0.2, 0) is 15.6 Å². The highest BCUT2D eigenvalue weighted by atomic mass is 16.5. The quantitative estimate of drug-likeness (QED) is 0.417. The second-order valence-corrected chi connectivity index (χ2v) is 6.17. The van der Waals surface area contributed by atoms with Crippen molar-refractivity contribution in [3.05, 3.63) is 73.9 Å². The summed E-state index contributed by atoms with van der Waals surface area (Å²) >= 11 is 0. The molecule has 1 rings (SSSR count). The standard InChI is InChI=1S/C21H26O3/c1-8-18(22)24-15-13-16(20(6,7)9-2)19(23)17(14-15)21(10-3,11-4)12-5/h9-14,23H,2-5,8H2,1,6-7H3. The molecule has 1 aromatic carbocycles. The highest BCUT2D eigenvalue weighted by Gasteiger charge is 2.31. The molecule has 0 aliphatic carbocycles. The van der Waals surface area contributed by atoms with Gasteiger partial charge in [-0.1, -0.05) is 45.1 Å². The minimum atomic E-state index is -0.843. The molecule has 0 saturated heterocycles. The molecule has 1 aromatic rings. The van der Waals surface area contributed by atoms with E-state index in [9.17, 15) is 9.90 Å². The fraction of sp³-hybridized carbons (Fsp3) is 0.286. The highest BCUT2D eigenvalue weighted by Crippen LogP contribution is 2.44. The van der Waals surface area contributed by atoms with Gasteiger partial charge in [0.25, 0.3) is 0 Å². The maximum atomic E-state index is 11.7. The molecule has 0 radical (unpaired) electrons. The van der Waals surface area contributed by atoms with Crippen LogP contribution in [0.2, 0.25) is 0 Å². The number of carbonyl (C=O) groups excluding carboxylic acids is 1. The number of allylic oxidation sites excluding steroid dienone is 4. The monoisotopic (exact) mass is 326 g/mol. The van der Waals surface area contributed by atoms with Gasteiger partial charge in [0.1, 0.15) is 11.5 Å². The molecule has 3 nitrogen and oxygen atoms in total. The van der Waals surface area contributed by atoms with E-state index in [1.807, 2.05) is 13.8 Å². The summed E-state index contributed by atoms with van der Waals surface area (Å²) in [5.41, 5.74) is -0.259. The first kappa shape index (κ1) is 19.5. The molecule has 0 heterocycles. The number of phenolic OH excluding ortho intramolecular Hbond substituents is 1. The topological polar surface area (TPSA) is 46.5 Å². The molecule has 0 unspecified atom stereocenters. The first-order chi connectivity index (χ1) is 11.2. The van der Waals surface area contributed by atoms with Crippen LogP contribution < -0.4 is 4.74 Å². The molecule has 0 aliphatic rings. The zero-order chi connectivity index (χ0) is 18.5. The number of aromatic hydroxyl groups is 1. The molecule has 3 heteroatoms. The van der Waals surface area contributed by atoms with E-state index >= 15 is 0 Å². The Bertz CT molecular complexity index is 659. The molecule has 0 saturated carbocycles. The molecular weight excluding hydrogens is 300 g/mol. The largest absolute Gasteiger partial charge is 0.507 e. The van der Waals surface area contributed by atoms with Crippen LogP contribution in [0.4, 0.5) is 0 Å². The Hall–Kier alpha value is -2.55. The Morgan fingerprint density at radius 2 is 1.58 bits per heavy atom. The van der Waals surface area contributed by atoms with Crippen LogP contribution in [0.25, 0.3) is 0 Å². The van der Waals surface area contributed by atoms with E-state index in [1.54, 1.807) is 43.4 Å². The highest BCUT2D eigenvalue weighted by molar-refractivity contribution is 5.72. The zero-order valence-electron chi connectivity index (χ0n) is 14.8. The minimum absolute atomic E-state index is 0.0795. The second kappa shape index (κ2) is 7.35. The van der Waals surface area contributed by atoms with E-state index in [0.29, 0.717) is 16.9 Å². The molecule has 1 N–H and O–H groups in total. The van der Waals surface area contributed by atoms with Crippen molar-refractivity contribution in [2.45, 2.75) is 38.0 Å². The van der Waals surface area contributed by atoms with E-state index in [2.05, 4.69) is 26.3 Å². The Morgan fingerprint density at radius 3 is 2.00 bits per heavy atom. The molecule has 0 bridgehead atoms. The Kier molecular flexibility index (Phi) is 5.97. The van der Waals surface area contributed by atoms with Crippen LogP contribution in [-0.4, -0.2) is 11.1 Å². The molecule has 0 aliphatic heterocycles. The van der Waals surface area contributed by atoms with Crippen LogP contribution in [0.5, 0.6) is 11.5 Å². The summed E-state index contributed by atoms with van der Waals surface area (Å²) in [5.74, 6) is 0.0841. The predicted molar refractivity (Wildman–Crippen MR) is 99.5 cm³/mol. The van der Waals surface area contributed by atoms with Gasteiger partial charge >= 0.3 is 5.97 Å². The van der Waals surface area contributed by atoms with Crippen molar-refractivity contribution in [2.24, 2.45) is 0 Å². The third kappa shape index (κ3) is 3.51. The molecular formula is C21H26O3. The average Bonchev–Trinajstić information content (AvgIpc) is 2.58. The lowest BCUT2D eigenvalue weighted by Gasteiger charge is -2.29. The maximum absolute atomic E-state index is 11.7. The fourth-order valence-electron chi connectivity index (χ4n) is 2.38. The van der Waals surface area contributed by atoms with E-state index in [-0.39, 0.29) is 18.1 Å². The van der Waals surface area contributed by atoms with Gasteiger partial charge in [-0.3, -0.25) is 4.79 Å². The van der Waals surface area contributed by atoms with Gasteiger partial charge in [0.2, 0.25) is 0 Å². The summed E-state index contributed by atoms with van der Waals surface area (Å²) in [7, 11) is 0. The lowest BCUT2D eigenvalue weighted by atomic mass is 9.75. The summed E-state index contributed by atoms with van der Waals surface area (Å²) in [4.78, 5) is 11.7. The Labute approximate surface area is 144 Å². The lowest BCUT2D eigenvalue weighted by molar-refractivity contribution is -0.134. The van der Waals surface area contributed by atoms with Gasteiger partial charge in [-0.2, -0.15) is 0 Å². The smallest absolute Gasteiger partial charge is 0.310 e. The van der Waals surface area contributed by atoms with Crippen molar-refractivity contribution >= 4 is 5.97 Å². The van der Waals surface area contributed by atoms with Crippen LogP contribution in [0.3, 0.4) is 0 Å². The Balaban J connectivity index is 3.78. The third-order valence-electron chi connectivity index (χ3n) is 4.29. The van der Waals surface area contributed by atoms with Crippen LogP contribution in [0, 0.1) is 0 Å². The molecule has 0 amide bonds. The number of phenols is 1. The summed E-state index contributed by atoms with van der Waals surface area (Å²) < 4.78 is 5.38. The zero-order valence-corrected chi connectivity index (χ0v) is 14.8. The normalized spacial score (nSPS) is 11.5. The van der Waals surface area contributed by atoms with Crippen molar-refractivity contribution in [3.8, 4) is 11.5 Å². The van der Waals surface area contributed by atoms with Crippen LogP contribution in [0.1, 0.15) is 38.3 Å². The van der Waals surface area contributed by atoms with Gasteiger partial charge in [0.15, 0.2) is 0 Å². The first-order valence-electron chi connectivity index (χ1n) is 7.84. The first-order valence-corrected chi connectivity index (χ1v) is 7.84. The van der Waals surface area contributed by atoms with Crippen LogP contribution in [0.15, 0.2) is 62.8 Å². The maximum Gasteiger partial charge on any atom is 0.310 e. The van der Waals surface area contributed by atoms with E-state index in [4.69, 9.17) is 4.74 Å². The molecule has 0 spiro atoms. The summed E-state index contributed by atoms with van der Waals surface area (Å²) in [6.45, 7) is 20.9. The third-order valence-corrected chi connectivity index (χ3v) is 4.29. The molecule has 24 heavy (non-hydrogen) atoms. The average molecular weight is 326 g/mol. The molecule has 0 atom stereocenters. The SMILES string of the molecule is C=CC(C)(C)c1cc(OC(=O)CC)cc(C(C=C)(C=C)C=C)c1O. The van der Waals surface area contributed by atoms with Gasteiger partial charge < -0.3 is 9.84 Å². The van der Waals surface area contributed by atoms with Gasteiger partial charge in [-0.25, -0.2) is 0 Å². The lowest BCUT2D eigenvalue weighted by Crippen LogP contribution is -2.21. The summed E-state index contributed by atoms with van der Waals surface area (Å²) in [6.07, 6.45) is 6.90. The number of ether oxygens (including phenoxy) is 1. The second-order valence-electron chi connectivity index (χ2n) is 6.17. The number of rotatable bonds is 8. The number of hydrogen-bond acceptors (Lipinski definition) is 3. The summed E-state index contributed by atoms with van der Waals surface area (Å²) in [6, 6.07) is 3.28. The molecule has 0 aromatic heterocycles. The van der Waals surface area contributed by atoms with Crippen LogP contribution >= 0.6 is 0 Å². The van der Waals surface area contributed by atoms with Crippen molar-refractivity contribution in [3.63, 3.8) is 0 Å². The summed E-state index contributed by atoms with van der Waals surface area (Å²) in [5, 5.41) is 10.9. The number of hydrogen-bond donors (Lipinski definition) is 1. The van der Waals surface area contributed by atoms with Crippen molar-refractivity contribution in [2.75, 3.05) is 0 Å². The fourth-order valence-corrected chi connectivity index (χ4v) is 2.38. The molecule has 128 valence electrons. The van der Waals surface area contributed by atoms with Crippen molar-refractivity contribution in [1.82, 2.24) is 0 Å². The van der Waals surface area contributed by atoms with Gasteiger partial charge in [-0.05, 0) is 12.1 Å².